The molecule has 104 valence electrons. The number of hydrogen-bond acceptors (Lipinski definition) is 2. The summed E-state index contributed by atoms with van der Waals surface area (Å²) in [5.41, 5.74) is 0.733. The van der Waals surface area contributed by atoms with Gasteiger partial charge in [0.25, 0.3) is 5.91 Å². The summed E-state index contributed by atoms with van der Waals surface area (Å²) in [5.74, 6) is 0.111. The molecule has 1 amide bonds. The Morgan fingerprint density at radius 3 is 2.70 bits per heavy atom. The van der Waals surface area contributed by atoms with Crippen LogP contribution in [0.1, 0.15) is 28.1 Å². The first-order valence-corrected chi connectivity index (χ1v) is 8.90. The van der Waals surface area contributed by atoms with Crippen LogP contribution in [-0.4, -0.2) is 16.8 Å². The zero-order valence-corrected chi connectivity index (χ0v) is 14.7. The molecule has 1 aromatic carbocycles. The van der Waals surface area contributed by atoms with Crippen LogP contribution in [0, 0.1) is 0 Å². The molecule has 5 heteroatoms. The molecule has 0 aliphatic heterocycles. The first kappa shape index (κ1) is 14.3. The highest BCUT2D eigenvalue weighted by Crippen LogP contribution is 2.32. The molecule has 0 saturated heterocycles. The zero-order valence-electron chi connectivity index (χ0n) is 10.7. The van der Waals surface area contributed by atoms with E-state index in [2.05, 4.69) is 43.3 Å². The highest BCUT2D eigenvalue weighted by molar-refractivity contribution is 9.11. The number of carbonyl (C=O) groups excluding carboxylic acids is 1. The van der Waals surface area contributed by atoms with Crippen LogP contribution >= 0.6 is 43.2 Å². The second kappa shape index (κ2) is 6.00. The molecular weight excluding hydrogens is 402 g/mol. The molecule has 2 aromatic rings. The zero-order chi connectivity index (χ0) is 14.1. The lowest BCUT2D eigenvalue weighted by Crippen LogP contribution is -2.32. The van der Waals surface area contributed by atoms with Gasteiger partial charge in [-0.1, -0.05) is 22.0 Å². The van der Waals surface area contributed by atoms with Gasteiger partial charge in [0.1, 0.15) is 0 Å². The van der Waals surface area contributed by atoms with E-state index in [9.17, 15) is 4.79 Å². The number of benzene rings is 1. The molecule has 1 fully saturated rings. The maximum Gasteiger partial charge on any atom is 0.255 e. The summed E-state index contributed by atoms with van der Waals surface area (Å²) in [7, 11) is 0. The van der Waals surface area contributed by atoms with Crippen molar-refractivity contribution in [3.05, 3.63) is 55.1 Å². The second-order valence-corrected chi connectivity index (χ2v) is 7.67. The van der Waals surface area contributed by atoms with Crippen molar-refractivity contribution < 1.29 is 4.79 Å². The van der Waals surface area contributed by atoms with Gasteiger partial charge in [-0.25, -0.2) is 0 Å². The molecule has 1 aliphatic rings. The largest absolute Gasteiger partial charge is 0.330 e. The van der Waals surface area contributed by atoms with Gasteiger partial charge in [0.15, 0.2) is 0 Å². The average molecular weight is 415 g/mol. The van der Waals surface area contributed by atoms with E-state index >= 15 is 0 Å². The number of halogens is 2. The third-order valence-corrected chi connectivity index (χ3v) is 5.33. The van der Waals surface area contributed by atoms with Crippen LogP contribution in [0.4, 0.5) is 0 Å². The molecule has 0 N–H and O–H groups in total. The number of nitrogens with zero attached hydrogens (tertiary/aromatic N) is 1. The molecule has 1 saturated carbocycles. The fourth-order valence-electron chi connectivity index (χ4n) is 2.14. The summed E-state index contributed by atoms with van der Waals surface area (Å²) in [6.45, 7) is 0.712. The van der Waals surface area contributed by atoms with Gasteiger partial charge in [-0.2, -0.15) is 0 Å². The third-order valence-electron chi connectivity index (χ3n) is 3.32. The Morgan fingerprint density at radius 2 is 2.10 bits per heavy atom. The predicted molar refractivity (Wildman–Crippen MR) is 89.1 cm³/mol. The smallest absolute Gasteiger partial charge is 0.255 e. The molecule has 0 unspecified atom stereocenters. The van der Waals surface area contributed by atoms with Crippen LogP contribution in [0.2, 0.25) is 0 Å². The van der Waals surface area contributed by atoms with Gasteiger partial charge in [0.05, 0.1) is 12.1 Å². The Labute approximate surface area is 139 Å². The maximum atomic E-state index is 12.8. The molecule has 3 rings (SSSR count). The monoisotopic (exact) mass is 413 g/mol. The average Bonchev–Trinajstić information content (AvgIpc) is 3.12. The quantitative estimate of drug-likeness (QED) is 0.683. The highest BCUT2D eigenvalue weighted by Gasteiger charge is 2.33. The van der Waals surface area contributed by atoms with Crippen LogP contribution < -0.4 is 0 Å². The van der Waals surface area contributed by atoms with Crippen LogP contribution in [0.3, 0.4) is 0 Å². The summed E-state index contributed by atoms with van der Waals surface area (Å²) >= 11 is 8.61. The fourth-order valence-corrected chi connectivity index (χ4v) is 4.06. The Morgan fingerprint density at radius 1 is 1.30 bits per heavy atom. The first-order valence-electron chi connectivity index (χ1n) is 6.43. The molecular formula is C15H13Br2NOS. The number of hydrogen-bond donors (Lipinski definition) is 0. The van der Waals surface area contributed by atoms with Crippen molar-refractivity contribution in [2.24, 2.45) is 0 Å². The molecule has 1 aromatic heterocycles. The van der Waals surface area contributed by atoms with Crippen LogP contribution in [0.25, 0.3) is 0 Å². The first-order chi connectivity index (χ1) is 9.65. The highest BCUT2D eigenvalue weighted by atomic mass is 79.9. The normalized spacial score (nSPS) is 14.3. The number of rotatable bonds is 4. The van der Waals surface area contributed by atoms with Gasteiger partial charge in [-0.05, 0) is 58.4 Å². The lowest BCUT2D eigenvalue weighted by Gasteiger charge is -2.22. The van der Waals surface area contributed by atoms with Crippen LogP contribution in [0.15, 0.2) is 44.7 Å². The molecule has 1 aliphatic carbocycles. The molecule has 1 heterocycles. The summed E-state index contributed by atoms with van der Waals surface area (Å²) < 4.78 is 1.81. The van der Waals surface area contributed by atoms with Crippen molar-refractivity contribution in [3.63, 3.8) is 0 Å². The van der Waals surface area contributed by atoms with E-state index in [0.29, 0.717) is 12.6 Å². The third kappa shape index (κ3) is 3.15. The van der Waals surface area contributed by atoms with Crippen LogP contribution in [0.5, 0.6) is 0 Å². The fraction of sp³-hybridized carbons (Fsp3) is 0.267. The number of carbonyl (C=O) groups is 1. The van der Waals surface area contributed by atoms with Crippen molar-refractivity contribution in [2.45, 2.75) is 25.4 Å². The standard InChI is InChI=1S/C15H13Br2NOS/c16-10-3-6-13(14(17)8-10)15(19)18(11-4-5-11)9-12-2-1-7-20-12/h1-3,6-8,11H,4-5,9H2. The minimum Gasteiger partial charge on any atom is -0.330 e. The Kier molecular flexibility index (Phi) is 4.29. The van der Waals surface area contributed by atoms with Crippen molar-refractivity contribution in [3.8, 4) is 0 Å². The van der Waals surface area contributed by atoms with Crippen molar-refractivity contribution in [1.29, 1.82) is 0 Å². The Bertz CT molecular complexity index is 623. The summed E-state index contributed by atoms with van der Waals surface area (Å²) in [6, 6.07) is 10.2. The molecule has 2 nitrogen and oxygen atoms in total. The second-order valence-electron chi connectivity index (χ2n) is 4.87. The minimum atomic E-state index is 0.111. The predicted octanol–water partition coefficient (Wildman–Crippen LogP) is 5.08. The van der Waals surface area contributed by atoms with Crippen molar-refractivity contribution >= 4 is 49.1 Å². The summed E-state index contributed by atoms with van der Waals surface area (Å²) in [5, 5.41) is 2.06. The Hall–Kier alpha value is -0.650. The van der Waals surface area contributed by atoms with Crippen LogP contribution in [-0.2, 0) is 6.54 Å². The minimum absolute atomic E-state index is 0.111. The molecule has 20 heavy (non-hydrogen) atoms. The van der Waals surface area contributed by atoms with Gasteiger partial charge >= 0.3 is 0 Å². The van der Waals surface area contributed by atoms with Gasteiger partial charge in [0, 0.05) is 19.9 Å². The van der Waals surface area contributed by atoms with Crippen molar-refractivity contribution in [2.75, 3.05) is 0 Å². The van der Waals surface area contributed by atoms with E-state index in [4.69, 9.17) is 0 Å². The lowest BCUT2D eigenvalue weighted by atomic mass is 10.2. The summed E-state index contributed by atoms with van der Waals surface area (Å²) in [6.07, 6.45) is 2.23. The topological polar surface area (TPSA) is 20.3 Å². The van der Waals surface area contributed by atoms with E-state index in [1.165, 1.54) is 4.88 Å². The van der Waals surface area contributed by atoms with E-state index in [1.807, 2.05) is 29.2 Å². The molecule has 0 radical (unpaired) electrons. The molecule has 0 spiro atoms. The van der Waals surface area contributed by atoms with E-state index in [-0.39, 0.29) is 5.91 Å². The number of amides is 1. The van der Waals surface area contributed by atoms with E-state index in [1.54, 1.807) is 11.3 Å². The van der Waals surface area contributed by atoms with Gasteiger partial charge in [-0.15, -0.1) is 11.3 Å². The molecule has 0 atom stereocenters. The molecule has 0 bridgehead atoms. The Balaban J connectivity index is 1.85. The van der Waals surface area contributed by atoms with Gasteiger partial charge in [0.2, 0.25) is 0 Å². The number of thiophene rings is 1. The van der Waals surface area contributed by atoms with E-state index in [0.717, 1.165) is 27.4 Å². The summed E-state index contributed by atoms with van der Waals surface area (Å²) in [4.78, 5) is 16.0. The van der Waals surface area contributed by atoms with Gasteiger partial charge in [-0.3, -0.25) is 4.79 Å². The maximum absolute atomic E-state index is 12.8. The lowest BCUT2D eigenvalue weighted by molar-refractivity contribution is 0.0731. The van der Waals surface area contributed by atoms with Gasteiger partial charge < -0.3 is 4.90 Å². The van der Waals surface area contributed by atoms with Crippen molar-refractivity contribution in [1.82, 2.24) is 4.90 Å². The van der Waals surface area contributed by atoms with E-state index < -0.39 is 0 Å². The SMILES string of the molecule is O=C(c1ccc(Br)cc1Br)N(Cc1cccs1)C1CC1.